The molecule has 3 rings (SSSR count). The molecule has 0 saturated carbocycles. The molecular weight excluding hydrogens is 376 g/mol. The summed E-state index contributed by atoms with van der Waals surface area (Å²) in [5.74, 6) is -0.272. The Morgan fingerprint density at radius 2 is 2.05 bits per heavy atom. The second-order valence-electron chi connectivity index (χ2n) is 4.28. The van der Waals surface area contributed by atoms with Crippen LogP contribution in [0.4, 0.5) is 5.69 Å². The number of hydrogen-bond donors (Lipinski definition) is 0. The highest BCUT2D eigenvalue weighted by Crippen LogP contribution is 2.30. The Morgan fingerprint density at radius 3 is 2.76 bits per heavy atom. The number of sulfonamides is 1. The van der Waals surface area contributed by atoms with E-state index in [2.05, 4.69) is 20.9 Å². The molecule has 108 valence electrons. The van der Waals surface area contributed by atoms with Crippen LogP contribution in [0, 0.1) is 0 Å². The monoisotopic (exact) mass is 384 g/mol. The Labute approximate surface area is 134 Å². The van der Waals surface area contributed by atoms with Crippen molar-refractivity contribution < 1.29 is 13.2 Å². The van der Waals surface area contributed by atoms with Gasteiger partial charge in [0.05, 0.1) is 17.1 Å². The van der Waals surface area contributed by atoms with Crippen molar-refractivity contribution in [2.24, 2.45) is 4.99 Å². The fourth-order valence-electron chi connectivity index (χ4n) is 1.93. The minimum Gasteiger partial charge on any atom is -0.291 e. The summed E-state index contributed by atoms with van der Waals surface area (Å²) in [6, 6.07) is 8.21. The third-order valence-corrected chi connectivity index (χ3v) is 6.57. The van der Waals surface area contributed by atoms with Crippen molar-refractivity contribution in [3.63, 3.8) is 0 Å². The lowest BCUT2D eigenvalue weighted by Gasteiger charge is -2.23. The van der Waals surface area contributed by atoms with Crippen LogP contribution in [0.25, 0.3) is 0 Å². The predicted molar refractivity (Wildman–Crippen MR) is 84.8 cm³/mol. The molecule has 1 aromatic heterocycles. The van der Waals surface area contributed by atoms with Gasteiger partial charge in [0.1, 0.15) is 11.2 Å². The first kappa shape index (κ1) is 14.4. The molecule has 21 heavy (non-hydrogen) atoms. The van der Waals surface area contributed by atoms with Gasteiger partial charge in [0.2, 0.25) is 0 Å². The first-order valence-corrected chi connectivity index (χ1v) is 9.02. The van der Waals surface area contributed by atoms with Crippen LogP contribution in [0.2, 0.25) is 0 Å². The van der Waals surface area contributed by atoms with E-state index < -0.39 is 10.0 Å². The third-order valence-electron chi connectivity index (χ3n) is 2.95. The van der Waals surface area contributed by atoms with E-state index in [4.69, 9.17) is 0 Å². The maximum atomic E-state index is 12.5. The minimum atomic E-state index is -3.73. The Bertz CT molecular complexity index is 843. The Hall–Kier alpha value is -1.51. The summed E-state index contributed by atoms with van der Waals surface area (Å²) in [5, 5.41) is 1.77. The van der Waals surface area contributed by atoms with Gasteiger partial charge in [-0.3, -0.25) is 4.79 Å². The summed E-state index contributed by atoms with van der Waals surface area (Å²) in [6.07, 6.45) is 1.19. The second kappa shape index (κ2) is 5.36. The molecule has 0 amide bonds. The van der Waals surface area contributed by atoms with E-state index in [-0.39, 0.29) is 17.2 Å². The summed E-state index contributed by atoms with van der Waals surface area (Å²) in [4.78, 5) is 16.9. The average Bonchev–Trinajstić information content (AvgIpc) is 2.88. The standard InChI is InChI=1S/C13H9BrN2O3S2/c14-9-5-6-20-13(9)11(17)7-16-8-15-10-3-1-2-4-12(10)21(16,18)19/h1-6,8H,7H2. The number of nitrogens with zero attached hydrogens (tertiary/aromatic N) is 2. The molecule has 0 bridgehead atoms. The SMILES string of the molecule is O=C(CN1C=Nc2ccccc2S1(=O)=O)c1sccc1Br. The summed E-state index contributed by atoms with van der Waals surface area (Å²) < 4.78 is 26.6. The highest BCUT2D eigenvalue weighted by molar-refractivity contribution is 9.10. The summed E-state index contributed by atoms with van der Waals surface area (Å²) >= 11 is 4.54. The third kappa shape index (κ3) is 2.54. The number of hydrogen-bond acceptors (Lipinski definition) is 5. The number of para-hydroxylation sites is 1. The molecular formula is C13H9BrN2O3S2. The zero-order valence-corrected chi connectivity index (χ0v) is 13.8. The van der Waals surface area contributed by atoms with Crippen molar-refractivity contribution in [2.45, 2.75) is 4.90 Å². The number of rotatable bonds is 3. The number of benzene rings is 1. The van der Waals surface area contributed by atoms with Crippen LogP contribution in [0.5, 0.6) is 0 Å². The first-order chi connectivity index (χ1) is 10.00. The molecule has 0 radical (unpaired) electrons. The molecule has 0 N–H and O–H groups in total. The molecule has 8 heteroatoms. The Balaban J connectivity index is 1.92. The van der Waals surface area contributed by atoms with Gasteiger partial charge in [0.15, 0.2) is 5.78 Å². The van der Waals surface area contributed by atoms with E-state index in [9.17, 15) is 13.2 Å². The molecule has 0 aliphatic carbocycles. The molecule has 0 saturated heterocycles. The molecule has 0 unspecified atom stereocenters. The largest absolute Gasteiger partial charge is 0.291 e. The van der Waals surface area contributed by atoms with Gasteiger partial charge in [0, 0.05) is 4.47 Å². The van der Waals surface area contributed by atoms with Gasteiger partial charge in [-0.2, -0.15) is 0 Å². The van der Waals surface area contributed by atoms with E-state index in [0.717, 1.165) is 4.31 Å². The van der Waals surface area contributed by atoms with Crippen LogP contribution in [0.3, 0.4) is 0 Å². The van der Waals surface area contributed by atoms with Crippen molar-refractivity contribution in [3.8, 4) is 0 Å². The van der Waals surface area contributed by atoms with Crippen molar-refractivity contribution in [3.05, 3.63) is 45.1 Å². The van der Waals surface area contributed by atoms with Gasteiger partial charge in [0.25, 0.3) is 10.0 Å². The zero-order chi connectivity index (χ0) is 15.0. The van der Waals surface area contributed by atoms with E-state index in [1.54, 1.807) is 29.6 Å². The lowest BCUT2D eigenvalue weighted by Crippen LogP contribution is -2.36. The number of fused-ring (bicyclic) bond motifs is 1. The van der Waals surface area contributed by atoms with Crippen molar-refractivity contribution in [1.29, 1.82) is 0 Å². The smallest absolute Gasteiger partial charge is 0.267 e. The fraction of sp³-hybridized carbons (Fsp3) is 0.0769. The van der Waals surface area contributed by atoms with Gasteiger partial charge in [-0.1, -0.05) is 12.1 Å². The fourth-order valence-corrected chi connectivity index (χ4v) is 4.80. The molecule has 5 nitrogen and oxygen atoms in total. The van der Waals surface area contributed by atoms with Crippen LogP contribution in [-0.2, 0) is 10.0 Å². The van der Waals surface area contributed by atoms with Gasteiger partial charge >= 0.3 is 0 Å². The van der Waals surface area contributed by atoms with E-state index in [1.807, 2.05) is 0 Å². The van der Waals surface area contributed by atoms with Crippen LogP contribution in [0.15, 0.2) is 50.1 Å². The molecule has 1 aliphatic heterocycles. The number of Topliss-reactive ketones (excluding diaryl/α,β-unsaturated/α-hetero) is 1. The highest BCUT2D eigenvalue weighted by Gasteiger charge is 2.30. The summed E-state index contributed by atoms with van der Waals surface area (Å²) in [6.45, 7) is -0.265. The van der Waals surface area contributed by atoms with Crippen LogP contribution in [-0.4, -0.2) is 31.4 Å². The predicted octanol–water partition coefficient (Wildman–Crippen LogP) is 3.06. The second-order valence-corrected chi connectivity index (χ2v) is 7.91. The Kier molecular flexibility index (Phi) is 3.68. The Morgan fingerprint density at radius 1 is 1.29 bits per heavy atom. The molecule has 0 fully saturated rings. The topological polar surface area (TPSA) is 66.8 Å². The normalized spacial score (nSPS) is 15.8. The number of carbonyl (C=O) groups excluding carboxylic acids is 1. The van der Waals surface area contributed by atoms with Gasteiger partial charge in [-0.25, -0.2) is 17.7 Å². The lowest BCUT2D eigenvalue weighted by molar-refractivity contribution is 0.0984. The minimum absolute atomic E-state index is 0.116. The number of halogens is 1. The maximum Gasteiger partial charge on any atom is 0.267 e. The first-order valence-electron chi connectivity index (χ1n) is 5.91. The van der Waals surface area contributed by atoms with E-state index >= 15 is 0 Å². The molecule has 2 aromatic rings. The van der Waals surface area contributed by atoms with Crippen LogP contribution < -0.4 is 0 Å². The number of thiophene rings is 1. The van der Waals surface area contributed by atoms with Crippen molar-refractivity contribution >= 4 is 55.1 Å². The molecule has 0 spiro atoms. The van der Waals surface area contributed by atoms with E-state index in [1.165, 1.54) is 23.7 Å². The summed E-state index contributed by atoms with van der Waals surface area (Å²) in [7, 11) is -3.73. The maximum absolute atomic E-state index is 12.5. The van der Waals surface area contributed by atoms with Crippen molar-refractivity contribution in [1.82, 2.24) is 4.31 Å². The van der Waals surface area contributed by atoms with Crippen LogP contribution >= 0.6 is 27.3 Å². The molecule has 0 atom stereocenters. The molecule has 2 heterocycles. The molecule has 1 aliphatic rings. The number of ketones is 1. The van der Waals surface area contributed by atoms with Gasteiger partial charge < -0.3 is 0 Å². The quantitative estimate of drug-likeness (QED) is 0.763. The average molecular weight is 385 g/mol. The summed E-state index contributed by atoms with van der Waals surface area (Å²) in [5.41, 5.74) is 0.388. The highest BCUT2D eigenvalue weighted by atomic mass is 79.9. The molecule has 1 aromatic carbocycles. The van der Waals surface area contributed by atoms with Gasteiger partial charge in [-0.15, -0.1) is 11.3 Å². The number of carbonyl (C=O) groups is 1. The van der Waals surface area contributed by atoms with Crippen LogP contribution in [0.1, 0.15) is 9.67 Å². The van der Waals surface area contributed by atoms with E-state index in [0.29, 0.717) is 15.0 Å². The van der Waals surface area contributed by atoms with Crippen molar-refractivity contribution in [2.75, 3.05) is 6.54 Å². The number of aliphatic imine (C=N–C) groups is 1. The zero-order valence-electron chi connectivity index (χ0n) is 10.6. The lowest BCUT2D eigenvalue weighted by atomic mass is 10.3. The van der Waals surface area contributed by atoms with Gasteiger partial charge in [-0.05, 0) is 39.5 Å².